The van der Waals surface area contributed by atoms with Gasteiger partial charge in [-0.1, -0.05) is 30.3 Å². The van der Waals surface area contributed by atoms with Crippen LogP contribution in [0.2, 0.25) is 39.3 Å². The molecule has 0 aromatic heterocycles. The Morgan fingerprint density at radius 1 is 0.870 bits per heavy atom. The molecule has 1 aromatic rings. The van der Waals surface area contributed by atoms with E-state index in [4.69, 9.17) is 8.43 Å². The molecule has 0 spiro atoms. The molecule has 1 atom stereocenters. The van der Waals surface area contributed by atoms with Gasteiger partial charge < -0.3 is 8.43 Å². The molecule has 1 N–H and O–H groups in total. The largest absolute Gasteiger partial charge is 0.375 e. The van der Waals surface area contributed by atoms with Crippen molar-refractivity contribution in [2.75, 3.05) is 0 Å². The van der Waals surface area contributed by atoms with Crippen molar-refractivity contribution in [2.24, 2.45) is 0 Å². The number of hydrogen-bond acceptors (Lipinski definition) is 3. The molecular weight excluding hydrogens is 337 g/mol. The van der Waals surface area contributed by atoms with Gasteiger partial charge in [0.05, 0.1) is 0 Å². The van der Waals surface area contributed by atoms with E-state index < -0.39 is 25.0 Å². The highest BCUT2D eigenvalue weighted by atomic mass is 31.2. The summed E-state index contributed by atoms with van der Waals surface area (Å²) in [4.78, 5) is 0. The molecule has 0 amide bonds. The highest BCUT2D eigenvalue weighted by Crippen LogP contribution is 2.55. The molecule has 0 bridgehead atoms. The quantitative estimate of drug-likeness (QED) is 0.465. The number of nitrogens with one attached hydrogen (secondary N) is 1. The Labute approximate surface area is 146 Å². The van der Waals surface area contributed by atoms with Crippen LogP contribution < -0.4 is 5.32 Å². The lowest BCUT2D eigenvalue weighted by Crippen LogP contribution is -2.40. The fourth-order valence-electron chi connectivity index (χ4n) is 1.97. The fraction of sp³-hybridized carbons (Fsp3) is 0.647. The summed E-state index contributed by atoms with van der Waals surface area (Å²) in [6.45, 7) is 20.0. The van der Waals surface area contributed by atoms with Crippen LogP contribution in [-0.4, -0.2) is 22.2 Å². The zero-order valence-corrected chi connectivity index (χ0v) is 19.1. The van der Waals surface area contributed by atoms with E-state index in [9.17, 15) is 0 Å². The molecule has 132 valence electrons. The monoisotopic (exact) mass is 371 g/mol. The minimum absolute atomic E-state index is 0.00725. The first-order chi connectivity index (χ1) is 10.3. The Kier molecular flexibility index (Phi) is 7.21. The van der Waals surface area contributed by atoms with Gasteiger partial charge in [-0.15, -0.1) is 0 Å². The molecule has 0 aliphatic rings. The van der Waals surface area contributed by atoms with Crippen molar-refractivity contribution in [1.82, 2.24) is 5.32 Å². The SMILES string of the molecule is CC(C)(C)NC(c1ccccc1)P(O[Si](C)(C)C)O[Si](C)(C)C. The summed E-state index contributed by atoms with van der Waals surface area (Å²) in [5.41, 5.74) is 1.23. The smallest absolute Gasteiger partial charge is 0.191 e. The Bertz CT molecular complexity index is 462. The summed E-state index contributed by atoms with van der Waals surface area (Å²) in [7, 11) is -4.44. The third kappa shape index (κ3) is 9.13. The fourth-order valence-corrected chi connectivity index (χ4v) is 8.52. The molecule has 0 saturated carbocycles. The molecule has 0 aliphatic heterocycles. The van der Waals surface area contributed by atoms with E-state index in [-0.39, 0.29) is 11.3 Å². The van der Waals surface area contributed by atoms with Crippen molar-refractivity contribution in [3.63, 3.8) is 0 Å². The second-order valence-corrected chi connectivity index (χ2v) is 19.9. The topological polar surface area (TPSA) is 30.5 Å². The number of hydrogen-bond donors (Lipinski definition) is 1. The molecule has 1 rings (SSSR count). The zero-order valence-electron chi connectivity index (χ0n) is 16.2. The van der Waals surface area contributed by atoms with E-state index in [1.165, 1.54) is 5.56 Å². The van der Waals surface area contributed by atoms with Crippen LogP contribution in [-0.2, 0) is 8.43 Å². The first-order valence-electron chi connectivity index (χ1n) is 8.27. The molecule has 0 fully saturated rings. The van der Waals surface area contributed by atoms with E-state index in [2.05, 4.69) is 95.7 Å². The second kappa shape index (κ2) is 7.90. The minimum atomic E-state index is -1.71. The maximum atomic E-state index is 6.53. The standard InChI is InChI=1S/C17H34NO2PSi2/c1-17(2,3)18-16(15-13-11-10-12-14-15)21(19-22(4,5)6)20-23(7,8)9/h10-14,16,18H,1-9H3. The Morgan fingerprint density at radius 3 is 1.65 bits per heavy atom. The molecule has 0 saturated heterocycles. The van der Waals surface area contributed by atoms with E-state index in [0.717, 1.165) is 0 Å². The van der Waals surface area contributed by atoms with Gasteiger partial charge in [0.1, 0.15) is 5.78 Å². The van der Waals surface area contributed by atoms with Gasteiger partial charge in [0.2, 0.25) is 0 Å². The molecule has 1 aromatic carbocycles. The number of rotatable bonds is 7. The third-order valence-electron chi connectivity index (χ3n) is 2.62. The maximum Gasteiger partial charge on any atom is 0.191 e. The lowest BCUT2D eigenvalue weighted by Gasteiger charge is -2.39. The van der Waals surface area contributed by atoms with Gasteiger partial charge in [0.15, 0.2) is 25.0 Å². The van der Waals surface area contributed by atoms with Crippen LogP contribution in [0, 0.1) is 0 Å². The normalized spacial score (nSPS) is 15.0. The molecule has 1 unspecified atom stereocenters. The van der Waals surface area contributed by atoms with Crippen LogP contribution in [0.15, 0.2) is 30.3 Å². The molecule has 0 heterocycles. The van der Waals surface area contributed by atoms with Gasteiger partial charge in [-0.05, 0) is 65.6 Å². The average molecular weight is 372 g/mol. The highest BCUT2D eigenvalue weighted by molar-refractivity contribution is 7.51. The van der Waals surface area contributed by atoms with Gasteiger partial charge in [-0.25, -0.2) is 0 Å². The van der Waals surface area contributed by atoms with Crippen LogP contribution in [0.1, 0.15) is 32.1 Å². The summed E-state index contributed by atoms with van der Waals surface area (Å²) >= 11 is 0. The van der Waals surface area contributed by atoms with Crippen LogP contribution >= 0.6 is 8.38 Å². The van der Waals surface area contributed by atoms with Crippen LogP contribution in [0.4, 0.5) is 0 Å². The lowest BCUT2D eigenvalue weighted by molar-refractivity contribution is 0.380. The van der Waals surface area contributed by atoms with Crippen LogP contribution in [0.5, 0.6) is 0 Å². The van der Waals surface area contributed by atoms with Crippen molar-refractivity contribution in [3.8, 4) is 0 Å². The van der Waals surface area contributed by atoms with Gasteiger partial charge >= 0.3 is 0 Å². The van der Waals surface area contributed by atoms with Crippen molar-refractivity contribution >= 4 is 25.0 Å². The zero-order chi connectivity index (χ0) is 17.9. The van der Waals surface area contributed by atoms with Crippen molar-refractivity contribution < 1.29 is 8.43 Å². The summed E-state index contributed by atoms with van der Waals surface area (Å²) in [6.07, 6.45) is 0. The maximum absolute atomic E-state index is 6.53. The van der Waals surface area contributed by atoms with Gasteiger partial charge in [0, 0.05) is 5.54 Å². The van der Waals surface area contributed by atoms with E-state index in [1.807, 2.05) is 0 Å². The predicted octanol–water partition coefficient (Wildman–Crippen LogP) is 6.09. The van der Waals surface area contributed by atoms with E-state index in [0.29, 0.717) is 0 Å². The first-order valence-corrected chi connectivity index (χ1v) is 16.3. The minimum Gasteiger partial charge on any atom is -0.375 e. The first kappa shape index (κ1) is 21.0. The Morgan fingerprint density at radius 2 is 1.30 bits per heavy atom. The Balaban J connectivity index is 3.19. The molecular formula is C17H34NO2PSi2. The average Bonchev–Trinajstić information content (AvgIpc) is 2.31. The lowest BCUT2D eigenvalue weighted by atomic mass is 10.1. The summed E-state index contributed by atoms with van der Waals surface area (Å²) in [6, 6.07) is 10.6. The van der Waals surface area contributed by atoms with Crippen molar-refractivity contribution in [2.45, 2.75) is 71.4 Å². The number of benzene rings is 1. The van der Waals surface area contributed by atoms with Crippen molar-refractivity contribution in [3.05, 3.63) is 35.9 Å². The molecule has 0 radical (unpaired) electrons. The van der Waals surface area contributed by atoms with Crippen LogP contribution in [0.3, 0.4) is 0 Å². The van der Waals surface area contributed by atoms with E-state index in [1.54, 1.807) is 0 Å². The van der Waals surface area contributed by atoms with E-state index >= 15 is 0 Å². The summed E-state index contributed by atoms with van der Waals surface area (Å²) in [5.74, 6) is 0.0876. The Hall–Kier alpha value is -0.0362. The molecule has 23 heavy (non-hydrogen) atoms. The van der Waals surface area contributed by atoms with Gasteiger partial charge in [-0.3, -0.25) is 5.32 Å². The van der Waals surface area contributed by atoms with Gasteiger partial charge in [-0.2, -0.15) is 0 Å². The predicted molar refractivity (Wildman–Crippen MR) is 108 cm³/mol. The molecule has 6 heteroatoms. The van der Waals surface area contributed by atoms with Gasteiger partial charge in [0.25, 0.3) is 0 Å². The summed E-state index contributed by atoms with van der Waals surface area (Å²) < 4.78 is 13.1. The highest BCUT2D eigenvalue weighted by Gasteiger charge is 2.36. The summed E-state index contributed by atoms with van der Waals surface area (Å²) in [5, 5.41) is 3.74. The second-order valence-electron chi connectivity index (χ2n) is 8.90. The third-order valence-corrected chi connectivity index (χ3v) is 9.29. The van der Waals surface area contributed by atoms with Crippen molar-refractivity contribution in [1.29, 1.82) is 0 Å². The van der Waals surface area contributed by atoms with Crippen LogP contribution in [0.25, 0.3) is 0 Å². The molecule has 0 aliphatic carbocycles. The molecule has 3 nitrogen and oxygen atoms in total.